The average molecular weight is 364 g/mol. The number of H-pyrrole nitrogens is 1. The summed E-state index contributed by atoms with van der Waals surface area (Å²) in [6, 6.07) is 15.3. The number of hydrogen-bond donors (Lipinski definition) is 2. The fraction of sp³-hybridized carbons (Fsp3) is 0.273. The maximum absolute atomic E-state index is 12.2. The first kappa shape index (κ1) is 18.7. The number of fused-ring (bicyclic) bond motifs is 1. The first-order valence-electron chi connectivity index (χ1n) is 9.16. The number of nitrogens with one attached hydrogen (secondary N) is 2. The highest BCUT2D eigenvalue weighted by Crippen LogP contribution is 2.14. The summed E-state index contributed by atoms with van der Waals surface area (Å²) < 4.78 is 5.40. The molecule has 0 aliphatic heterocycles. The largest absolute Gasteiger partial charge is 0.494 e. The highest BCUT2D eigenvalue weighted by molar-refractivity contribution is 5.80. The number of aromatic nitrogens is 1. The van der Waals surface area contributed by atoms with Gasteiger partial charge in [0.1, 0.15) is 5.75 Å². The molecule has 0 radical (unpaired) electrons. The number of rotatable bonds is 7. The zero-order valence-electron chi connectivity index (χ0n) is 15.7. The molecule has 27 heavy (non-hydrogen) atoms. The third-order valence-electron chi connectivity index (χ3n) is 4.39. The van der Waals surface area contributed by atoms with Gasteiger partial charge < -0.3 is 15.0 Å². The van der Waals surface area contributed by atoms with Crippen molar-refractivity contribution in [1.29, 1.82) is 0 Å². The Morgan fingerprint density at radius 2 is 1.89 bits per heavy atom. The van der Waals surface area contributed by atoms with E-state index in [9.17, 15) is 9.59 Å². The van der Waals surface area contributed by atoms with Crippen LogP contribution in [0.3, 0.4) is 0 Å². The van der Waals surface area contributed by atoms with Gasteiger partial charge in [-0.05, 0) is 61.5 Å². The molecular formula is C22H24N2O3. The van der Waals surface area contributed by atoms with E-state index in [-0.39, 0.29) is 11.5 Å². The van der Waals surface area contributed by atoms with E-state index >= 15 is 0 Å². The quantitative estimate of drug-likeness (QED) is 0.677. The van der Waals surface area contributed by atoms with E-state index in [1.54, 1.807) is 0 Å². The number of carbonyl (C=O) groups is 1. The summed E-state index contributed by atoms with van der Waals surface area (Å²) in [5.41, 5.74) is 3.47. The molecule has 0 atom stereocenters. The van der Waals surface area contributed by atoms with E-state index in [0.29, 0.717) is 31.6 Å². The van der Waals surface area contributed by atoms with E-state index in [0.717, 1.165) is 27.8 Å². The van der Waals surface area contributed by atoms with Crippen molar-refractivity contribution in [2.45, 2.75) is 26.7 Å². The molecule has 1 aromatic heterocycles. The molecule has 0 unspecified atom stereocenters. The summed E-state index contributed by atoms with van der Waals surface area (Å²) in [5.74, 6) is 0.736. The Labute approximate surface area is 158 Å². The highest BCUT2D eigenvalue weighted by Gasteiger charge is 2.06. The molecule has 2 aromatic carbocycles. The molecule has 1 heterocycles. The first-order valence-corrected chi connectivity index (χ1v) is 9.16. The van der Waals surface area contributed by atoms with Crippen LogP contribution >= 0.6 is 0 Å². The van der Waals surface area contributed by atoms with Gasteiger partial charge in [-0.2, -0.15) is 0 Å². The molecule has 0 saturated carbocycles. The van der Waals surface area contributed by atoms with Crippen molar-refractivity contribution in [3.05, 3.63) is 75.6 Å². The first-order chi connectivity index (χ1) is 13.0. The van der Waals surface area contributed by atoms with E-state index in [1.807, 2.05) is 62.4 Å². The second-order valence-corrected chi connectivity index (χ2v) is 6.57. The number of benzene rings is 2. The molecule has 0 bridgehead atoms. The summed E-state index contributed by atoms with van der Waals surface area (Å²) >= 11 is 0. The van der Waals surface area contributed by atoms with Gasteiger partial charge in [0.2, 0.25) is 5.91 Å². The zero-order chi connectivity index (χ0) is 19.2. The lowest BCUT2D eigenvalue weighted by Crippen LogP contribution is -2.28. The fourth-order valence-electron chi connectivity index (χ4n) is 3.01. The second kappa shape index (κ2) is 8.54. The van der Waals surface area contributed by atoms with E-state index < -0.39 is 0 Å². The Bertz CT molecular complexity index is 991. The molecule has 3 rings (SSSR count). The highest BCUT2D eigenvalue weighted by atomic mass is 16.5. The number of aryl methyl sites for hydroxylation is 1. The van der Waals surface area contributed by atoms with Crippen LogP contribution in [0.2, 0.25) is 0 Å². The van der Waals surface area contributed by atoms with Crippen molar-refractivity contribution in [1.82, 2.24) is 10.3 Å². The third kappa shape index (κ3) is 4.97. The minimum Gasteiger partial charge on any atom is -0.494 e. The van der Waals surface area contributed by atoms with E-state index in [1.165, 1.54) is 0 Å². The van der Waals surface area contributed by atoms with Crippen molar-refractivity contribution in [2.75, 3.05) is 13.2 Å². The maximum atomic E-state index is 12.2. The van der Waals surface area contributed by atoms with Crippen LogP contribution in [0.15, 0.2) is 53.3 Å². The Hall–Kier alpha value is -3.08. The molecule has 1 amide bonds. The van der Waals surface area contributed by atoms with E-state index in [4.69, 9.17) is 4.74 Å². The van der Waals surface area contributed by atoms with Gasteiger partial charge in [0.15, 0.2) is 0 Å². The molecule has 0 aliphatic carbocycles. The minimum absolute atomic E-state index is 0.0628. The van der Waals surface area contributed by atoms with Crippen molar-refractivity contribution in [3.8, 4) is 5.75 Å². The van der Waals surface area contributed by atoms with Crippen molar-refractivity contribution in [3.63, 3.8) is 0 Å². The van der Waals surface area contributed by atoms with Gasteiger partial charge >= 0.3 is 0 Å². The number of amides is 1. The lowest BCUT2D eigenvalue weighted by atomic mass is 10.1. The molecular weight excluding hydrogens is 340 g/mol. The summed E-state index contributed by atoms with van der Waals surface area (Å²) in [6.07, 6.45) is 0.800. The average Bonchev–Trinajstić information content (AvgIpc) is 2.64. The molecule has 5 nitrogen and oxygen atoms in total. The standard InChI is InChI=1S/C22H24N2O3/c1-3-27-19-7-5-16(6-8-19)13-21(25)23-11-10-17-14-18-12-15(2)4-9-20(18)24-22(17)26/h4-9,12,14H,3,10-11,13H2,1-2H3,(H,23,25)(H,24,26). The van der Waals surface area contributed by atoms with Gasteiger partial charge in [-0.25, -0.2) is 0 Å². The predicted octanol–water partition coefficient (Wildman–Crippen LogP) is 3.14. The molecule has 5 heteroatoms. The number of hydrogen-bond acceptors (Lipinski definition) is 3. The van der Waals surface area contributed by atoms with Gasteiger partial charge in [0.05, 0.1) is 13.0 Å². The smallest absolute Gasteiger partial charge is 0.251 e. The van der Waals surface area contributed by atoms with E-state index in [2.05, 4.69) is 10.3 Å². The van der Waals surface area contributed by atoms with Crippen LogP contribution in [0.25, 0.3) is 10.9 Å². The Morgan fingerprint density at radius 3 is 2.63 bits per heavy atom. The maximum Gasteiger partial charge on any atom is 0.251 e. The summed E-state index contributed by atoms with van der Waals surface area (Å²) in [6.45, 7) is 5.00. The molecule has 0 aliphatic rings. The Balaban J connectivity index is 1.56. The zero-order valence-corrected chi connectivity index (χ0v) is 15.7. The number of carbonyl (C=O) groups excluding carboxylic acids is 1. The summed E-state index contributed by atoms with van der Waals surface area (Å²) in [5, 5.41) is 3.89. The molecule has 0 spiro atoms. The summed E-state index contributed by atoms with van der Waals surface area (Å²) in [7, 11) is 0. The summed E-state index contributed by atoms with van der Waals surface area (Å²) in [4.78, 5) is 27.2. The predicted molar refractivity (Wildman–Crippen MR) is 107 cm³/mol. The van der Waals surface area contributed by atoms with Crippen LogP contribution in [0.1, 0.15) is 23.6 Å². The van der Waals surface area contributed by atoms with Crippen LogP contribution < -0.4 is 15.6 Å². The van der Waals surface area contributed by atoms with Gasteiger partial charge in [-0.15, -0.1) is 0 Å². The van der Waals surface area contributed by atoms with Crippen LogP contribution in [0, 0.1) is 6.92 Å². The van der Waals surface area contributed by atoms with Crippen LogP contribution in [0.4, 0.5) is 0 Å². The SMILES string of the molecule is CCOc1ccc(CC(=O)NCCc2cc3cc(C)ccc3[nH]c2=O)cc1. The number of pyridine rings is 1. The van der Waals surface area contributed by atoms with Gasteiger partial charge in [0.25, 0.3) is 5.56 Å². The van der Waals surface area contributed by atoms with Gasteiger partial charge in [0, 0.05) is 17.6 Å². The van der Waals surface area contributed by atoms with Crippen molar-refractivity contribution in [2.24, 2.45) is 0 Å². The fourth-order valence-corrected chi connectivity index (χ4v) is 3.01. The molecule has 0 fully saturated rings. The van der Waals surface area contributed by atoms with Gasteiger partial charge in [-0.3, -0.25) is 9.59 Å². The van der Waals surface area contributed by atoms with Crippen LogP contribution in [-0.2, 0) is 17.6 Å². The minimum atomic E-state index is -0.105. The normalized spacial score (nSPS) is 10.7. The van der Waals surface area contributed by atoms with Crippen LogP contribution in [-0.4, -0.2) is 24.0 Å². The molecule has 0 saturated heterocycles. The number of ether oxygens (including phenoxy) is 1. The van der Waals surface area contributed by atoms with Crippen molar-refractivity contribution < 1.29 is 9.53 Å². The molecule has 140 valence electrons. The van der Waals surface area contributed by atoms with Gasteiger partial charge in [-0.1, -0.05) is 23.8 Å². The topological polar surface area (TPSA) is 71.2 Å². The lowest BCUT2D eigenvalue weighted by Gasteiger charge is -2.07. The monoisotopic (exact) mass is 364 g/mol. The van der Waals surface area contributed by atoms with Crippen LogP contribution in [0.5, 0.6) is 5.75 Å². The molecule has 3 aromatic rings. The Morgan fingerprint density at radius 1 is 1.11 bits per heavy atom. The lowest BCUT2D eigenvalue weighted by molar-refractivity contribution is -0.120. The Kier molecular flexibility index (Phi) is 5.91. The molecule has 2 N–H and O–H groups in total. The number of aromatic amines is 1. The van der Waals surface area contributed by atoms with Crippen molar-refractivity contribution >= 4 is 16.8 Å². The third-order valence-corrected chi connectivity index (χ3v) is 4.39. The second-order valence-electron chi connectivity index (χ2n) is 6.57.